The molecule has 1 aromatic carbocycles. The predicted molar refractivity (Wildman–Crippen MR) is 101 cm³/mol. The first-order valence-corrected chi connectivity index (χ1v) is 10.0. The molecule has 0 bridgehead atoms. The lowest BCUT2D eigenvalue weighted by Crippen LogP contribution is -2.49. The summed E-state index contributed by atoms with van der Waals surface area (Å²) in [5, 5.41) is 30.4. The third-order valence-corrected chi connectivity index (χ3v) is 6.13. The van der Waals surface area contributed by atoms with Crippen LogP contribution in [0.3, 0.4) is 0 Å². The first-order valence-electron chi connectivity index (χ1n) is 10.0. The molecule has 6 nitrogen and oxygen atoms in total. The Hall–Kier alpha value is -1.76. The maximum atomic E-state index is 10.4. The van der Waals surface area contributed by atoms with Crippen LogP contribution >= 0.6 is 0 Å². The summed E-state index contributed by atoms with van der Waals surface area (Å²) in [6.45, 7) is 4.52. The van der Waals surface area contributed by atoms with Gasteiger partial charge in [-0.15, -0.1) is 0 Å². The number of fused-ring (bicyclic) bond motifs is 2. The molecule has 3 N–H and O–H groups in total. The van der Waals surface area contributed by atoms with Crippen molar-refractivity contribution in [3.8, 4) is 11.5 Å². The van der Waals surface area contributed by atoms with Crippen LogP contribution in [0.5, 0.6) is 11.5 Å². The molecule has 0 spiro atoms. The van der Waals surface area contributed by atoms with E-state index in [1.807, 2.05) is 6.07 Å². The predicted octanol–water partition coefficient (Wildman–Crippen LogP) is 1.95. The van der Waals surface area contributed by atoms with Crippen molar-refractivity contribution >= 4 is 0 Å². The minimum absolute atomic E-state index is 0.0493. The zero-order chi connectivity index (χ0) is 19.0. The highest BCUT2D eigenvalue weighted by atomic mass is 16.7. The number of hydrogen-bond acceptors (Lipinski definition) is 6. The van der Waals surface area contributed by atoms with E-state index < -0.39 is 18.5 Å². The first-order chi connectivity index (χ1) is 13.1. The number of aliphatic hydroxyl groups excluding tert-OH is 2. The number of benzene rings is 1. The van der Waals surface area contributed by atoms with Gasteiger partial charge in [-0.05, 0) is 68.8 Å². The van der Waals surface area contributed by atoms with Gasteiger partial charge in [0.25, 0.3) is 6.29 Å². The van der Waals surface area contributed by atoms with Crippen LogP contribution < -0.4 is 4.74 Å². The molecule has 2 heterocycles. The van der Waals surface area contributed by atoms with Gasteiger partial charge in [0.2, 0.25) is 0 Å². The van der Waals surface area contributed by atoms with Crippen molar-refractivity contribution in [2.24, 2.45) is 5.92 Å². The minimum Gasteiger partial charge on any atom is -0.504 e. The molecule has 0 amide bonds. The molecular formula is C21H29NO5. The molecule has 1 fully saturated rings. The molecule has 0 aromatic heterocycles. The first kappa shape index (κ1) is 18.6. The quantitative estimate of drug-likeness (QED) is 0.746. The highest BCUT2D eigenvalue weighted by Crippen LogP contribution is 2.43. The van der Waals surface area contributed by atoms with Crippen molar-refractivity contribution in [3.05, 3.63) is 35.6 Å². The number of rotatable bonds is 4. The highest BCUT2D eigenvalue weighted by molar-refractivity contribution is 5.52. The number of nitrogens with zero attached hydrogens (tertiary/aromatic N) is 1. The van der Waals surface area contributed by atoms with E-state index in [-0.39, 0.29) is 5.75 Å². The summed E-state index contributed by atoms with van der Waals surface area (Å²) in [5.74, 6) is 0.975. The number of phenolic OH excluding ortho intramolecular Hbond substituents is 1. The Morgan fingerprint density at radius 3 is 2.93 bits per heavy atom. The van der Waals surface area contributed by atoms with E-state index in [4.69, 9.17) is 9.47 Å². The summed E-state index contributed by atoms with van der Waals surface area (Å²) in [6, 6.07) is 4.19. The topological polar surface area (TPSA) is 82.4 Å². The normalized spacial score (nSPS) is 33.1. The average molecular weight is 375 g/mol. The van der Waals surface area contributed by atoms with Gasteiger partial charge in [-0.2, -0.15) is 0 Å². The van der Waals surface area contributed by atoms with Crippen molar-refractivity contribution in [1.82, 2.24) is 4.90 Å². The molecule has 1 aromatic rings. The van der Waals surface area contributed by atoms with Gasteiger partial charge in [0.05, 0.1) is 6.26 Å². The Bertz CT molecular complexity index is 704. The molecule has 0 radical (unpaired) electrons. The van der Waals surface area contributed by atoms with E-state index in [0.29, 0.717) is 17.7 Å². The van der Waals surface area contributed by atoms with E-state index in [1.165, 1.54) is 30.7 Å². The molecular weight excluding hydrogens is 346 g/mol. The third kappa shape index (κ3) is 3.53. The Balaban J connectivity index is 1.61. The van der Waals surface area contributed by atoms with Gasteiger partial charge in [0.1, 0.15) is 6.10 Å². The summed E-state index contributed by atoms with van der Waals surface area (Å²) >= 11 is 0. The Labute approximate surface area is 160 Å². The lowest BCUT2D eigenvalue weighted by atomic mass is 9.75. The van der Waals surface area contributed by atoms with Crippen molar-refractivity contribution in [2.75, 3.05) is 13.1 Å². The lowest BCUT2D eigenvalue weighted by molar-refractivity contribution is -0.151. The van der Waals surface area contributed by atoms with Crippen LogP contribution in [0.1, 0.15) is 37.3 Å². The van der Waals surface area contributed by atoms with Crippen LogP contribution in [0.15, 0.2) is 24.5 Å². The fourth-order valence-corrected chi connectivity index (χ4v) is 4.77. The zero-order valence-corrected chi connectivity index (χ0v) is 15.8. The van der Waals surface area contributed by atoms with Gasteiger partial charge in [-0.25, -0.2) is 0 Å². The van der Waals surface area contributed by atoms with Crippen molar-refractivity contribution in [3.63, 3.8) is 0 Å². The number of hydrogen-bond donors (Lipinski definition) is 3. The second-order valence-electron chi connectivity index (χ2n) is 7.90. The molecule has 0 unspecified atom stereocenters. The average Bonchev–Trinajstić information content (AvgIpc) is 2.67. The molecule has 0 saturated carbocycles. The largest absolute Gasteiger partial charge is 0.504 e. The third-order valence-electron chi connectivity index (χ3n) is 6.13. The minimum atomic E-state index is -1.20. The summed E-state index contributed by atoms with van der Waals surface area (Å²) < 4.78 is 11.2. The molecule has 4 rings (SSSR count). The highest BCUT2D eigenvalue weighted by Gasteiger charge is 2.38. The van der Waals surface area contributed by atoms with Crippen LogP contribution in [-0.2, 0) is 17.6 Å². The van der Waals surface area contributed by atoms with Crippen molar-refractivity contribution in [2.45, 2.75) is 63.6 Å². The number of aliphatic hydroxyl groups is 2. The molecule has 2 aliphatic heterocycles. The molecule has 1 saturated heterocycles. The number of ether oxygens (including phenoxy) is 2. The summed E-state index contributed by atoms with van der Waals surface area (Å²) in [4.78, 5) is 2.61. The van der Waals surface area contributed by atoms with Crippen molar-refractivity contribution in [1.29, 1.82) is 0 Å². The number of aromatic hydroxyl groups is 1. The number of likely N-dealkylation sites (tertiary alicyclic amines) is 1. The van der Waals surface area contributed by atoms with E-state index in [2.05, 4.69) is 11.8 Å². The monoisotopic (exact) mass is 375 g/mol. The van der Waals surface area contributed by atoms with Gasteiger partial charge in [0, 0.05) is 11.6 Å². The van der Waals surface area contributed by atoms with Crippen LogP contribution in [-0.4, -0.2) is 57.8 Å². The van der Waals surface area contributed by atoms with E-state index in [9.17, 15) is 15.3 Å². The molecule has 148 valence electrons. The maximum Gasteiger partial charge on any atom is 0.268 e. The zero-order valence-electron chi connectivity index (χ0n) is 15.8. The van der Waals surface area contributed by atoms with Gasteiger partial charge < -0.3 is 24.8 Å². The van der Waals surface area contributed by atoms with Crippen LogP contribution in [0.25, 0.3) is 0 Å². The summed E-state index contributed by atoms with van der Waals surface area (Å²) in [6.07, 6.45) is 4.77. The lowest BCUT2D eigenvalue weighted by Gasteiger charge is -2.45. The summed E-state index contributed by atoms with van der Waals surface area (Å²) in [5.41, 5.74) is 2.20. The van der Waals surface area contributed by atoms with Gasteiger partial charge in [0.15, 0.2) is 17.6 Å². The second kappa shape index (κ2) is 7.70. The molecule has 6 heteroatoms. The smallest absolute Gasteiger partial charge is 0.268 e. The molecule has 5 atom stereocenters. The van der Waals surface area contributed by atoms with Gasteiger partial charge in [-0.1, -0.05) is 13.0 Å². The second-order valence-corrected chi connectivity index (χ2v) is 7.90. The van der Waals surface area contributed by atoms with Gasteiger partial charge in [-0.3, -0.25) is 4.90 Å². The van der Waals surface area contributed by atoms with Crippen molar-refractivity contribution < 1.29 is 24.8 Å². The fraction of sp³-hybridized carbons (Fsp3) is 0.619. The Morgan fingerprint density at radius 2 is 2.11 bits per heavy atom. The molecule has 27 heavy (non-hydrogen) atoms. The van der Waals surface area contributed by atoms with Crippen LogP contribution in [0, 0.1) is 5.92 Å². The summed E-state index contributed by atoms with van der Waals surface area (Å²) in [7, 11) is 0. The number of piperidine rings is 1. The van der Waals surface area contributed by atoms with Crippen LogP contribution in [0.4, 0.5) is 0 Å². The molecule has 1 aliphatic carbocycles. The van der Waals surface area contributed by atoms with E-state index in [1.54, 1.807) is 6.07 Å². The standard InChI is InChI=1S/C21H29NO5/c1-2-8-22-9-3-4-14-11-15-13(12-16(14)22)5-6-18(24)20(15)27-21-19(25)17(23)7-10-26-21/h5-7,10,14,16-17,19,21,23-25H,2-4,8-9,11-12H2,1H3/t14-,16-,17+,19-,21+/m1/s1. The van der Waals surface area contributed by atoms with E-state index >= 15 is 0 Å². The Morgan fingerprint density at radius 1 is 1.26 bits per heavy atom. The van der Waals surface area contributed by atoms with Crippen LogP contribution in [0.2, 0.25) is 0 Å². The number of phenols is 1. The van der Waals surface area contributed by atoms with Gasteiger partial charge >= 0.3 is 0 Å². The Kier molecular flexibility index (Phi) is 5.30. The fourth-order valence-electron chi connectivity index (χ4n) is 4.77. The van der Waals surface area contributed by atoms with E-state index in [0.717, 1.165) is 37.9 Å². The maximum absolute atomic E-state index is 10.4. The molecule has 3 aliphatic rings. The SMILES string of the molecule is CCCN1CCC[C@@H]2Cc3c(ccc(O)c3O[C@@H]3OC=C[C@H](O)[C@H]3O)C[C@H]21.